The maximum absolute atomic E-state index is 12.4. The van der Waals surface area contributed by atoms with E-state index in [2.05, 4.69) is 29.6 Å². The van der Waals surface area contributed by atoms with Crippen LogP contribution in [-0.4, -0.2) is 47.1 Å². The summed E-state index contributed by atoms with van der Waals surface area (Å²) in [4.78, 5) is 25.4. The molecule has 24 heavy (non-hydrogen) atoms. The van der Waals surface area contributed by atoms with Gasteiger partial charge in [-0.2, -0.15) is 0 Å². The summed E-state index contributed by atoms with van der Waals surface area (Å²) in [6, 6.07) is 8.49. The number of fused-ring (bicyclic) bond motifs is 1. The number of amides is 2. The van der Waals surface area contributed by atoms with Crippen molar-refractivity contribution >= 4 is 11.8 Å². The van der Waals surface area contributed by atoms with Gasteiger partial charge >= 0.3 is 0 Å². The highest BCUT2D eigenvalue weighted by atomic mass is 16.3. The second kappa shape index (κ2) is 6.93. The number of β-amino-alcohol motifs (C(OH)–C–C–N with tert-alkyl or cyclic N) is 1. The van der Waals surface area contributed by atoms with Crippen LogP contribution in [0.5, 0.6) is 0 Å². The zero-order valence-electron chi connectivity index (χ0n) is 14.3. The van der Waals surface area contributed by atoms with Crippen LogP contribution in [0.4, 0.5) is 0 Å². The lowest BCUT2D eigenvalue weighted by molar-refractivity contribution is -0.150. The van der Waals surface area contributed by atoms with Gasteiger partial charge in [0, 0.05) is 20.0 Å². The minimum atomic E-state index is -1.44. The Kier molecular flexibility index (Phi) is 4.90. The molecule has 0 aromatic heterocycles. The second-order valence-corrected chi connectivity index (χ2v) is 7.16. The Morgan fingerprint density at radius 1 is 1.29 bits per heavy atom. The minimum absolute atomic E-state index is 0.0929. The van der Waals surface area contributed by atoms with Crippen molar-refractivity contribution in [1.82, 2.24) is 10.2 Å². The fourth-order valence-corrected chi connectivity index (χ4v) is 3.90. The molecule has 1 heterocycles. The highest BCUT2D eigenvalue weighted by Gasteiger charge is 2.40. The first kappa shape index (κ1) is 17.0. The molecular weight excluding hydrogens is 304 g/mol. The number of aliphatic hydroxyl groups is 1. The van der Waals surface area contributed by atoms with Gasteiger partial charge in [-0.1, -0.05) is 24.3 Å². The van der Waals surface area contributed by atoms with E-state index in [9.17, 15) is 14.7 Å². The summed E-state index contributed by atoms with van der Waals surface area (Å²) in [6.07, 6.45) is 4.11. The first-order chi connectivity index (χ1) is 11.5. The van der Waals surface area contributed by atoms with Gasteiger partial charge < -0.3 is 15.3 Å². The van der Waals surface area contributed by atoms with E-state index in [0.717, 1.165) is 19.3 Å². The van der Waals surface area contributed by atoms with Crippen LogP contribution in [0, 0.1) is 5.92 Å². The molecule has 1 atom stereocenters. The third kappa shape index (κ3) is 3.61. The number of piperidine rings is 1. The first-order valence-electron chi connectivity index (χ1n) is 8.81. The van der Waals surface area contributed by atoms with E-state index >= 15 is 0 Å². The van der Waals surface area contributed by atoms with Crippen LogP contribution in [0.15, 0.2) is 24.3 Å². The largest absolute Gasteiger partial charge is 0.378 e. The highest BCUT2D eigenvalue weighted by molar-refractivity contribution is 5.86. The molecule has 0 radical (unpaired) electrons. The first-order valence-corrected chi connectivity index (χ1v) is 8.81. The molecule has 1 unspecified atom stereocenters. The topological polar surface area (TPSA) is 69.6 Å². The van der Waals surface area contributed by atoms with Crippen LogP contribution >= 0.6 is 0 Å². The smallest absolute Gasteiger partial charge is 0.253 e. The van der Waals surface area contributed by atoms with Gasteiger partial charge in [0.15, 0.2) is 5.60 Å². The van der Waals surface area contributed by atoms with Crippen LogP contribution in [0.2, 0.25) is 0 Å². The molecule has 1 aromatic rings. The van der Waals surface area contributed by atoms with E-state index in [4.69, 9.17) is 0 Å². The Morgan fingerprint density at radius 3 is 2.58 bits per heavy atom. The molecule has 130 valence electrons. The Bertz CT molecular complexity index is 606. The predicted octanol–water partition coefficient (Wildman–Crippen LogP) is 1.28. The fourth-order valence-electron chi connectivity index (χ4n) is 3.90. The lowest BCUT2D eigenvalue weighted by Gasteiger charge is -2.37. The number of hydrogen-bond acceptors (Lipinski definition) is 3. The molecule has 1 aliphatic carbocycles. The molecule has 3 rings (SSSR count). The molecule has 2 aliphatic rings. The fraction of sp³-hybridized carbons (Fsp3) is 0.579. The van der Waals surface area contributed by atoms with Gasteiger partial charge in [-0.3, -0.25) is 9.59 Å². The molecule has 1 saturated heterocycles. The number of nitrogens with zero attached hydrogens (tertiary/aromatic N) is 1. The second-order valence-electron chi connectivity index (χ2n) is 7.16. The summed E-state index contributed by atoms with van der Waals surface area (Å²) in [5, 5.41) is 13.5. The van der Waals surface area contributed by atoms with Crippen LogP contribution in [-0.2, 0) is 22.4 Å². The van der Waals surface area contributed by atoms with E-state index in [-0.39, 0.29) is 18.4 Å². The van der Waals surface area contributed by atoms with Gasteiger partial charge in [0.2, 0.25) is 5.91 Å². The van der Waals surface area contributed by atoms with Gasteiger partial charge in [0.25, 0.3) is 5.91 Å². The lowest BCUT2D eigenvalue weighted by atomic mass is 9.91. The van der Waals surface area contributed by atoms with Crippen LogP contribution < -0.4 is 5.32 Å². The van der Waals surface area contributed by atoms with Crippen molar-refractivity contribution in [1.29, 1.82) is 0 Å². The molecule has 5 nitrogen and oxygen atoms in total. The van der Waals surface area contributed by atoms with Gasteiger partial charge in [0.1, 0.15) is 0 Å². The SMILES string of the molecule is CC(=O)N1CCCC(O)(C(=O)NCCC2Cc3ccccc3C2)C1. The third-order valence-electron chi connectivity index (χ3n) is 5.31. The summed E-state index contributed by atoms with van der Waals surface area (Å²) in [6.45, 7) is 2.76. The summed E-state index contributed by atoms with van der Waals surface area (Å²) in [7, 11) is 0. The standard InChI is InChI=1S/C19H26N2O3/c1-14(22)21-10-4-8-19(24,13-21)18(23)20-9-7-15-11-16-5-2-3-6-17(16)12-15/h2-3,5-6,15,24H,4,7-13H2,1H3,(H,20,23). The minimum Gasteiger partial charge on any atom is -0.378 e. The quantitative estimate of drug-likeness (QED) is 0.874. The Hall–Kier alpha value is -1.88. The molecule has 2 amide bonds. The predicted molar refractivity (Wildman–Crippen MR) is 91.4 cm³/mol. The number of rotatable bonds is 4. The third-order valence-corrected chi connectivity index (χ3v) is 5.31. The summed E-state index contributed by atoms with van der Waals surface area (Å²) in [5.74, 6) is 0.117. The maximum atomic E-state index is 12.4. The summed E-state index contributed by atoms with van der Waals surface area (Å²) in [5.41, 5.74) is 1.39. The molecular formula is C19H26N2O3. The van der Waals surface area contributed by atoms with E-state index in [0.29, 0.717) is 31.8 Å². The Labute approximate surface area is 143 Å². The van der Waals surface area contributed by atoms with Crippen molar-refractivity contribution in [2.75, 3.05) is 19.6 Å². The number of likely N-dealkylation sites (tertiary alicyclic amines) is 1. The summed E-state index contributed by atoms with van der Waals surface area (Å²) < 4.78 is 0. The number of nitrogens with one attached hydrogen (secondary N) is 1. The van der Waals surface area contributed by atoms with Crippen molar-refractivity contribution in [3.8, 4) is 0 Å². The van der Waals surface area contributed by atoms with E-state index in [1.54, 1.807) is 4.90 Å². The Balaban J connectivity index is 1.47. The number of carbonyl (C=O) groups excluding carboxylic acids is 2. The van der Waals surface area contributed by atoms with Gasteiger partial charge in [-0.05, 0) is 49.1 Å². The average Bonchev–Trinajstić information content (AvgIpc) is 2.97. The number of hydrogen-bond donors (Lipinski definition) is 2. The molecule has 5 heteroatoms. The van der Waals surface area contributed by atoms with Crippen molar-refractivity contribution < 1.29 is 14.7 Å². The number of carbonyl (C=O) groups is 2. The summed E-state index contributed by atoms with van der Waals surface area (Å²) >= 11 is 0. The zero-order valence-corrected chi connectivity index (χ0v) is 14.3. The van der Waals surface area contributed by atoms with E-state index in [1.165, 1.54) is 18.1 Å². The van der Waals surface area contributed by atoms with Gasteiger partial charge in [0.05, 0.1) is 6.54 Å². The molecule has 1 aromatic carbocycles. The average molecular weight is 330 g/mol. The lowest BCUT2D eigenvalue weighted by Crippen LogP contribution is -2.58. The van der Waals surface area contributed by atoms with Crippen molar-refractivity contribution in [3.05, 3.63) is 35.4 Å². The van der Waals surface area contributed by atoms with Crippen molar-refractivity contribution in [2.45, 2.75) is 44.6 Å². The number of benzene rings is 1. The molecule has 2 N–H and O–H groups in total. The maximum Gasteiger partial charge on any atom is 0.253 e. The molecule has 0 spiro atoms. The molecule has 1 aliphatic heterocycles. The van der Waals surface area contributed by atoms with Crippen LogP contribution in [0.3, 0.4) is 0 Å². The van der Waals surface area contributed by atoms with Crippen molar-refractivity contribution in [2.24, 2.45) is 5.92 Å². The van der Waals surface area contributed by atoms with Crippen LogP contribution in [0.25, 0.3) is 0 Å². The van der Waals surface area contributed by atoms with E-state index < -0.39 is 5.60 Å². The molecule has 0 saturated carbocycles. The highest BCUT2D eigenvalue weighted by Crippen LogP contribution is 2.28. The normalized spacial score (nSPS) is 23.8. The van der Waals surface area contributed by atoms with Crippen LogP contribution in [0.1, 0.15) is 37.3 Å². The molecule has 0 bridgehead atoms. The van der Waals surface area contributed by atoms with Crippen molar-refractivity contribution in [3.63, 3.8) is 0 Å². The van der Waals surface area contributed by atoms with Gasteiger partial charge in [-0.25, -0.2) is 0 Å². The zero-order chi connectivity index (χ0) is 17.2. The van der Waals surface area contributed by atoms with E-state index in [1.807, 2.05) is 0 Å². The Morgan fingerprint density at radius 2 is 1.96 bits per heavy atom. The van der Waals surface area contributed by atoms with Gasteiger partial charge in [-0.15, -0.1) is 0 Å². The molecule has 1 fully saturated rings. The monoisotopic (exact) mass is 330 g/mol.